The number of fused-ring (bicyclic) bond motifs is 11. The third-order valence-corrected chi connectivity index (χ3v) is 13.4. The van der Waals surface area contributed by atoms with E-state index in [1.807, 2.05) is 50.4 Å². The summed E-state index contributed by atoms with van der Waals surface area (Å²) in [4.78, 5) is 14.8. The molecule has 8 aromatic carbocycles. The van der Waals surface area contributed by atoms with Crippen molar-refractivity contribution in [2.24, 2.45) is 20.7 Å². The molecule has 326 valence electrons. The van der Waals surface area contributed by atoms with Crippen LogP contribution in [0.3, 0.4) is 0 Å². The molecule has 0 bridgehead atoms. The van der Waals surface area contributed by atoms with E-state index in [0.717, 1.165) is 69.1 Å². The zero-order chi connectivity index (χ0) is 46.1. The summed E-state index contributed by atoms with van der Waals surface area (Å²) in [5.41, 5.74) is 27.1. The minimum atomic E-state index is -0.331. The zero-order valence-electron chi connectivity index (χ0n) is 38.7. The molecule has 0 fully saturated rings. The Kier molecular flexibility index (Phi) is 11.6. The first-order chi connectivity index (χ1) is 32.9. The van der Waals surface area contributed by atoms with Crippen molar-refractivity contribution in [2.75, 3.05) is 0 Å². The number of hydrogen-bond acceptors (Lipinski definition) is 2. The molecule has 2 N–H and O–H groups in total. The van der Waals surface area contributed by atoms with Gasteiger partial charge < -0.3 is 5.73 Å². The van der Waals surface area contributed by atoms with Gasteiger partial charge in [-0.15, -0.1) is 0 Å². The van der Waals surface area contributed by atoms with Gasteiger partial charge in [0.25, 0.3) is 0 Å². The predicted octanol–water partition coefficient (Wildman–Crippen LogP) is 15.9. The SMILES string of the molecule is C=C(N=C(N=C(N)c1ccccc1)c1ccc(-c2cccc(C)c2N=CCC)cc1)c1ccc2cc(-c3cccc4c3-c3ccccc3C43C4=CCCC=C4c4ccccc43)ccc2c1.CC. The Morgan fingerprint density at radius 2 is 1.19 bits per heavy atom. The lowest BCUT2D eigenvalue weighted by atomic mass is 9.69. The van der Waals surface area contributed by atoms with Crippen molar-refractivity contribution in [1.29, 1.82) is 0 Å². The Morgan fingerprint density at radius 1 is 0.582 bits per heavy atom. The smallest absolute Gasteiger partial charge is 0.162 e. The molecule has 4 nitrogen and oxygen atoms in total. The third-order valence-electron chi connectivity index (χ3n) is 13.4. The van der Waals surface area contributed by atoms with Gasteiger partial charge in [0.2, 0.25) is 0 Å². The van der Waals surface area contributed by atoms with Crippen LogP contribution in [0.15, 0.2) is 215 Å². The minimum absolute atomic E-state index is 0.331. The molecule has 1 spiro atoms. The van der Waals surface area contributed by atoms with Gasteiger partial charge in [0.15, 0.2) is 5.84 Å². The van der Waals surface area contributed by atoms with Crippen molar-refractivity contribution >= 4 is 45.6 Å². The van der Waals surface area contributed by atoms with Gasteiger partial charge in [-0.3, -0.25) is 4.99 Å². The van der Waals surface area contributed by atoms with Crippen LogP contribution >= 0.6 is 0 Å². The summed E-state index contributed by atoms with van der Waals surface area (Å²) in [6, 6.07) is 62.7. The lowest BCUT2D eigenvalue weighted by Gasteiger charge is -2.31. The van der Waals surface area contributed by atoms with Gasteiger partial charge in [0.05, 0.1) is 16.8 Å². The average Bonchev–Trinajstić information content (AvgIpc) is 3.86. The monoisotopic (exact) mass is 866 g/mol. The van der Waals surface area contributed by atoms with Crippen molar-refractivity contribution in [1.82, 2.24) is 0 Å². The summed E-state index contributed by atoms with van der Waals surface area (Å²) in [6.07, 6.45) is 9.94. The largest absolute Gasteiger partial charge is 0.383 e. The zero-order valence-corrected chi connectivity index (χ0v) is 38.7. The summed E-state index contributed by atoms with van der Waals surface area (Å²) in [6.45, 7) is 12.7. The predicted molar refractivity (Wildman–Crippen MR) is 286 cm³/mol. The summed E-state index contributed by atoms with van der Waals surface area (Å²) < 4.78 is 0. The second-order valence-corrected chi connectivity index (χ2v) is 17.2. The molecule has 0 aromatic heterocycles. The van der Waals surface area contributed by atoms with Gasteiger partial charge in [-0.1, -0.05) is 203 Å². The van der Waals surface area contributed by atoms with Gasteiger partial charge in [0.1, 0.15) is 5.84 Å². The molecule has 0 heterocycles. The molecular weight excluding hydrogens is 813 g/mol. The number of para-hydroxylation sites is 1. The Balaban J connectivity index is 0.00000259. The number of amidine groups is 2. The summed E-state index contributed by atoms with van der Waals surface area (Å²) in [7, 11) is 0. The van der Waals surface area contributed by atoms with Gasteiger partial charge in [0, 0.05) is 28.5 Å². The number of rotatable bonds is 8. The van der Waals surface area contributed by atoms with Gasteiger partial charge in [-0.2, -0.15) is 0 Å². The lowest BCUT2D eigenvalue weighted by Crippen LogP contribution is -2.26. The van der Waals surface area contributed by atoms with Crippen molar-refractivity contribution in [3.05, 3.63) is 245 Å². The first-order valence-electron chi connectivity index (χ1n) is 23.6. The molecule has 3 aliphatic carbocycles. The maximum Gasteiger partial charge on any atom is 0.162 e. The van der Waals surface area contributed by atoms with E-state index in [1.54, 1.807) is 0 Å². The van der Waals surface area contributed by atoms with E-state index in [0.29, 0.717) is 17.4 Å². The van der Waals surface area contributed by atoms with Crippen molar-refractivity contribution < 1.29 is 0 Å². The molecule has 0 saturated carbocycles. The highest BCUT2D eigenvalue weighted by Crippen LogP contribution is 2.65. The van der Waals surface area contributed by atoms with Crippen molar-refractivity contribution in [2.45, 2.75) is 52.4 Å². The molecule has 0 radical (unpaired) electrons. The maximum atomic E-state index is 6.65. The summed E-state index contributed by atoms with van der Waals surface area (Å²) >= 11 is 0. The van der Waals surface area contributed by atoms with Crippen LogP contribution < -0.4 is 5.73 Å². The molecule has 8 aromatic rings. The number of allylic oxidation sites excluding steroid dienone is 4. The summed E-state index contributed by atoms with van der Waals surface area (Å²) in [5.74, 6) is 0.867. The molecular formula is C63H54N4. The molecule has 1 atom stereocenters. The fourth-order valence-corrected chi connectivity index (χ4v) is 10.4. The first-order valence-corrected chi connectivity index (χ1v) is 23.6. The molecule has 0 amide bonds. The van der Waals surface area contributed by atoms with Crippen molar-refractivity contribution in [3.63, 3.8) is 0 Å². The molecule has 4 heteroatoms. The number of nitrogens with two attached hydrogens (primary N) is 1. The van der Waals surface area contributed by atoms with Crippen LogP contribution in [0.25, 0.3) is 55.4 Å². The van der Waals surface area contributed by atoms with Gasteiger partial charge in [-0.25, -0.2) is 9.98 Å². The third kappa shape index (κ3) is 7.39. The number of benzene rings is 8. The number of nitrogens with zero attached hydrogens (tertiary/aromatic N) is 3. The minimum Gasteiger partial charge on any atom is -0.383 e. The molecule has 11 rings (SSSR count). The highest BCUT2D eigenvalue weighted by Gasteiger charge is 2.53. The van der Waals surface area contributed by atoms with E-state index in [1.165, 1.54) is 55.7 Å². The van der Waals surface area contributed by atoms with E-state index in [4.69, 9.17) is 20.7 Å². The van der Waals surface area contributed by atoms with E-state index in [2.05, 4.69) is 178 Å². The Hall–Kier alpha value is -7.95. The van der Waals surface area contributed by atoms with Crippen molar-refractivity contribution in [3.8, 4) is 33.4 Å². The lowest BCUT2D eigenvalue weighted by molar-refractivity contribution is 0.782. The van der Waals surface area contributed by atoms with Crippen LogP contribution in [0.4, 0.5) is 5.69 Å². The van der Waals surface area contributed by atoms with Gasteiger partial charge in [-0.05, 0) is 116 Å². The van der Waals surface area contributed by atoms with E-state index >= 15 is 0 Å². The van der Waals surface area contributed by atoms with Crippen LogP contribution in [0.5, 0.6) is 0 Å². The molecule has 0 saturated heterocycles. The molecule has 3 aliphatic rings. The van der Waals surface area contributed by atoms with E-state index in [9.17, 15) is 0 Å². The Morgan fingerprint density at radius 3 is 1.99 bits per heavy atom. The van der Waals surface area contributed by atoms with Crippen LogP contribution in [0, 0.1) is 6.92 Å². The fraction of sp³-hybridized carbons (Fsp3) is 0.127. The topological polar surface area (TPSA) is 63.1 Å². The normalized spacial score (nSPS) is 15.9. The van der Waals surface area contributed by atoms with E-state index in [-0.39, 0.29) is 5.41 Å². The molecule has 67 heavy (non-hydrogen) atoms. The quantitative estimate of drug-likeness (QED) is 0.120. The Labute approximate surface area is 395 Å². The maximum absolute atomic E-state index is 6.65. The average molecular weight is 867 g/mol. The van der Waals surface area contributed by atoms with Crippen LogP contribution in [0.2, 0.25) is 0 Å². The van der Waals surface area contributed by atoms with Crippen LogP contribution in [0.1, 0.15) is 84.5 Å². The second-order valence-electron chi connectivity index (χ2n) is 17.2. The van der Waals surface area contributed by atoms with Gasteiger partial charge >= 0.3 is 0 Å². The molecule has 0 aliphatic heterocycles. The fourth-order valence-electron chi connectivity index (χ4n) is 10.4. The highest BCUT2D eigenvalue weighted by atomic mass is 15.0. The van der Waals surface area contributed by atoms with Crippen LogP contribution in [-0.2, 0) is 5.41 Å². The van der Waals surface area contributed by atoms with Crippen LogP contribution in [-0.4, -0.2) is 17.9 Å². The standard InChI is InChI=1S/C61H48N4.C2H6/c1-4-36-63-58-39(2)16-14-23-49(58)41-28-30-43(31-29-41)60(65-59(62)42-17-6-5-7-18-42)64-40(3)44-32-33-46-38-47(35-34-45(46)37-44)48-22-15-27-56-57(48)52-21-10-13-26-55(52)61(56)53-24-11-8-19-50(53)51-20-9-12-25-54(51)61;1-2/h5-8,10-11,13-38H,3-4,9,12H2,1-2H3,(H2,62,64,65);1-2H3. The Bertz CT molecular complexity index is 3380. The number of aliphatic imine (C=N–C) groups is 3. The highest BCUT2D eigenvalue weighted by molar-refractivity contribution is 6.12. The number of aryl methyl sites for hydroxylation is 1. The second kappa shape index (κ2) is 18.1. The molecule has 1 unspecified atom stereocenters. The van der Waals surface area contributed by atoms with E-state index < -0.39 is 0 Å². The first kappa shape index (κ1) is 43.0. The number of hydrogen-bond donors (Lipinski definition) is 1. The summed E-state index contributed by atoms with van der Waals surface area (Å²) in [5, 5.41) is 2.26.